The number of hydrazine groups is 1. The van der Waals surface area contributed by atoms with Crippen molar-refractivity contribution in [2.45, 2.75) is 0 Å². The average Bonchev–Trinajstić information content (AvgIpc) is 2.06. The van der Waals surface area contributed by atoms with Crippen molar-refractivity contribution in [2.24, 2.45) is 5.73 Å². The van der Waals surface area contributed by atoms with Gasteiger partial charge in [-0.05, 0) is 12.2 Å². The lowest BCUT2D eigenvalue weighted by Gasteiger charge is -2.18. The quantitative estimate of drug-likeness (QED) is 0.482. The maximum Gasteiger partial charge on any atom is 0.330 e. The van der Waals surface area contributed by atoms with Crippen LogP contribution >= 0.6 is 0 Å². The summed E-state index contributed by atoms with van der Waals surface area (Å²) in [5, 5.41) is 0.965. The molecular formula is C6H7N3O3. The first kappa shape index (κ1) is 8.12. The fraction of sp³-hybridized carbons (Fsp3) is 0. The van der Waals surface area contributed by atoms with Crippen molar-refractivity contribution in [3.8, 4) is 0 Å². The van der Waals surface area contributed by atoms with E-state index >= 15 is 0 Å². The van der Waals surface area contributed by atoms with Crippen LogP contribution in [0.15, 0.2) is 24.6 Å². The summed E-state index contributed by atoms with van der Waals surface area (Å²) in [5.74, 6) is -2.00. The molecule has 0 aromatic rings. The second-order valence-corrected chi connectivity index (χ2v) is 1.91. The molecule has 12 heavy (non-hydrogen) atoms. The molecule has 0 saturated carbocycles. The van der Waals surface area contributed by atoms with Crippen molar-refractivity contribution in [2.75, 3.05) is 0 Å². The van der Waals surface area contributed by atoms with Crippen LogP contribution in [0.25, 0.3) is 0 Å². The molecule has 1 aliphatic heterocycles. The van der Waals surface area contributed by atoms with E-state index < -0.39 is 11.8 Å². The minimum atomic E-state index is -1.07. The smallest absolute Gasteiger partial charge is 0.330 e. The number of primary amides is 1. The van der Waals surface area contributed by atoms with Gasteiger partial charge in [0.15, 0.2) is 0 Å². The van der Waals surface area contributed by atoms with E-state index in [1.165, 1.54) is 12.5 Å². The number of allylic oxidation sites excluding steroid dienone is 2. The Kier molecular flexibility index (Phi) is 2.32. The first-order valence-corrected chi connectivity index (χ1v) is 3.10. The van der Waals surface area contributed by atoms with Crippen molar-refractivity contribution in [1.82, 2.24) is 10.6 Å². The van der Waals surface area contributed by atoms with Crippen LogP contribution in [-0.4, -0.2) is 17.0 Å². The summed E-state index contributed by atoms with van der Waals surface area (Å²) in [6.07, 6.45) is 5.99. The zero-order valence-corrected chi connectivity index (χ0v) is 6.06. The van der Waals surface area contributed by atoms with E-state index in [1.807, 2.05) is 0 Å². The third kappa shape index (κ3) is 2.01. The standard InChI is InChI=1S/C6H7N3O3/c7-5(10)6(11)8-9-3-1-2-4-12-9/h1-4H,(H2,7,10)(H,8,11). The van der Waals surface area contributed by atoms with Crippen molar-refractivity contribution in [3.05, 3.63) is 24.6 Å². The molecule has 0 aromatic carbocycles. The summed E-state index contributed by atoms with van der Waals surface area (Å²) in [6, 6.07) is 0. The van der Waals surface area contributed by atoms with Gasteiger partial charge in [0.05, 0.1) is 6.20 Å². The Hall–Kier alpha value is -1.98. The van der Waals surface area contributed by atoms with Gasteiger partial charge in [0, 0.05) is 0 Å². The van der Waals surface area contributed by atoms with E-state index in [-0.39, 0.29) is 0 Å². The summed E-state index contributed by atoms with van der Waals surface area (Å²) in [6.45, 7) is 0. The van der Waals surface area contributed by atoms with Crippen LogP contribution < -0.4 is 11.2 Å². The molecule has 1 heterocycles. The van der Waals surface area contributed by atoms with Gasteiger partial charge in [-0.2, -0.15) is 0 Å². The first-order valence-electron chi connectivity index (χ1n) is 3.10. The molecule has 0 saturated heterocycles. The van der Waals surface area contributed by atoms with E-state index in [9.17, 15) is 9.59 Å². The lowest BCUT2D eigenvalue weighted by atomic mass is 10.5. The van der Waals surface area contributed by atoms with Crippen molar-refractivity contribution in [1.29, 1.82) is 0 Å². The second kappa shape index (κ2) is 3.42. The zero-order valence-electron chi connectivity index (χ0n) is 6.06. The van der Waals surface area contributed by atoms with Gasteiger partial charge in [-0.3, -0.25) is 9.59 Å². The fourth-order valence-electron chi connectivity index (χ4n) is 0.528. The van der Waals surface area contributed by atoms with Gasteiger partial charge in [-0.1, -0.05) is 0 Å². The van der Waals surface area contributed by atoms with Gasteiger partial charge in [0.2, 0.25) is 0 Å². The van der Waals surface area contributed by atoms with E-state index in [4.69, 9.17) is 4.84 Å². The number of hydrogen-bond acceptors (Lipinski definition) is 4. The normalized spacial score (nSPS) is 13.8. The third-order valence-electron chi connectivity index (χ3n) is 1.02. The fourth-order valence-corrected chi connectivity index (χ4v) is 0.528. The molecule has 64 valence electrons. The molecule has 0 aliphatic carbocycles. The first-order chi connectivity index (χ1) is 5.70. The van der Waals surface area contributed by atoms with Gasteiger partial charge in [-0.25, -0.2) is 5.43 Å². The summed E-state index contributed by atoms with van der Waals surface area (Å²) >= 11 is 0. The molecule has 0 aromatic heterocycles. The number of carbonyl (C=O) groups is 2. The van der Waals surface area contributed by atoms with Crippen LogP contribution in [-0.2, 0) is 14.4 Å². The van der Waals surface area contributed by atoms with Crippen LogP contribution in [0.1, 0.15) is 0 Å². The highest BCUT2D eigenvalue weighted by Gasteiger charge is 2.11. The molecule has 0 spiro atoms. The number of carbonyl (C=O) groups excluding carboxylic acids is 2. The number of nitrogens with one attached hydrogen (secondary N) is 1. The monoisotopic (exact) mass is 169 g/mol. The molecule has 6 nitrogen and oxygen atoms in total. The highest BCUT2D eigenvalue weighted by Crippen LogP contribution is 1.95. The molecule has 2 amide bonds. The number of nitrogens with zero attached hydrogens (tertiary/aromatic N) is 1. The number of nitrogens with two attached hydrogens (primary N) is 1. The largest absolute Gasteiger partial charge is 0.368 e. The number of rotatable bonds is 1. The SMILES string of the molecule is NC(=O)C(=O)NN1C=CC=CO1. The highest BCUT2D eigenvalue weighted by molar-refractivity contribution is 6.34. The summed E-state index contributed by atoms with van der Waals surface area (Å²) in [7, 11) is 0. The molecule has 0 bridgehead atoms. The molecule has 1 aliphatic rings. The predicted molar refractivity (Wildman–Crippen MR) is 38.5 cm³/mol. The van der Waals surface area contributed by atoms with E-state index in [0.717, 1.165) is 5.17 Å². The van der Waals surface area contributed by atoms with Crippen LogP contribution in [0, 0.1) is 0 Å². The summed E-state index contributed by atoms with van der Waals surface area (Å²) in [4.78, 5) is 25.6. The Morgan fingerprint density at radius 2 is 2.17 bits per heavy atom. The van der Waals surface area contributed by atoms with Crippen molar-refractivity contribution in [3.63, 3.8) is 0 Å². The Labute approximate surface area is 68.2 Å². The van der Waals surface area contributed by atoms with E-state index in [0.29, 0.717) is 0 Å². The molecule has 0 atom stereocenters. The van der Waals surface area contributed by atoms with Gasteiger partial charge < -0.3 is 10.6 Å². The Balaban J connectivity index is 2.42. The topological polar surface area (TPSA) is 84.7 Å². The molecule has 1 rings (SSSR count). The lowest BCUT2D eigenvalue weighted by Crippen LogP contribution is -2.44. The van der Waals surface area contributed by atoms with Crippen molar-refractivity contribution >= 4 is 11.8 Å². The Morgan fingerprint density at radius 3 is 2.67 bits per heavy atom. The highest BCUT2D eigenvalue weighted by atomic mass is 16.7. The van der Waals surface area contributed by atoms with E-state index in [2.05, 4.69) is 11.2 Å². The summed E-state index contributed by atoms with van der Waals surface area (Å²) in [5.41, 5.74) is 6.76. The summed E-state index contributed by atoms with van der Waals surface area (Å²) < 4.78 is 0. The number of hydroxylamine groups is 1. The number of amides is 2. The molecule has 3 N–H and O–H groups in total. The van der Waals surface area contributed by atoms with Gasteiger partial charge >= 0.3 is 11.8 Å². The minimum absolute atomic E-state index is 0.935. The van der Waals surface area contributed by atoms with E-state index in [1.54, 1.807) is 12.2 Å². The molecule has 0 unspecified atom stereocenters. The maximum absolute atomic E-state index is 10.6. The predicted octanol–water partition coefficient (Wildman–Crippen LogP) is -1.22. The Bertz CT molecular complexity index is 259. The zero-order chi connectivity index (χ0) is 8.97. The number of hydrogen-bond donors (Lipinski definition) is 2. The average molecular weight is 169 g/mol. The van der Waals surface area contributed by atoms with Gasteiger partial charge in [-0.15, -0.1) is 5.17 Å². The maximum atomic E-state index is 10.6. The molecular weight excluding hydrogens is 162 g/mol. The molecule has 0 radical (unpaired) electrons. The third-order valence-corrected chi connectivity index (χ3v) is 1.02. The van der Waals surface area contributed by atoms with Gasteiger partial charge in [0.1, 0.15) is 6.26 Å². The van der Waals surface area contributed by atoms with Crippen LogP contribution in [0.3, 0.4) is 0 Å². The molecule has 6 heteroatoms. The minimum Gasteiger partial charge on any atom is -0.368 e. The lowest BCUT2D eigenvalue weighted by molar-refractivity contribution is -0.154. The second-order valence-electron chi connectivity index (χ2n) is 1.91. The van der Waals surface area contributed by atoms with Gasteiger partial charge in [0.25, 0.3) is 0 Å². The Morgan fingerprint density at radius 1 is 1.42 bits per heavy atom. The van der Waals surface area contributed by atoms with Crippen LogP contribution in [0.4, 0.5) is 0 Å². The van der Waals surface area contributed by atoms with Crippen LogP contribution in [0.5, 0.6) is 0 Å². The van der Waals surface area contributed by atoms with Crippen molar-refractivity contribution < 1.29 is 14.4 Å². The van der Waals surface area contributed by atoms with Crippen LogP contribution in [0.2, 0.25) is 0 Å². The molecule has 0 fully saturated rings.